The van der Waals surface area contributed by atoms with Crippen LogP contribution in [-0.4, -0.2) is 68.0 Å². The van der Waals surface area contributed by atoms with Gasteiger partial charge in [-0.1, -0.05) is 5.16 Å². The van der Waals surface area contributed by atoms with Crippen LogP contribution in [0.25, 0.3) is 0 Å². The zero-order chi connectivity index (χ0) is 17.8. The first kappa shape index (κ1) is 17.4. The van der Waals surface area contributed by atoms with Crippen molar-refractivity contribution in [3.05, 3.63) is 30.2 Å². The number of amides is 1. The molecule has 25 heavy (non-hydrogen) atoms. The lowest BCUT2D eigenvalue weighted by Gasteiger charge is -2.26. The molecule has 9 heteroatoms. The first-order chi connectivity index (χ1) is 12.0. The molecule has 2 atom stereocenters. The van der Waals surface area contributed by atoms with Gasteiger partial charge in [0.05, 0.1) is 12.6 Å². The highest BCUT2D eigenvalue weighted by atomic mass is 16.5. The molecule has 134 valence electrons. The third-order valence-electron chi connectivity index (χ3n) is 4.51. The van der Waals surface area contributed by atoms with Gasteiger partial charge in [-0.2, -0.15) is 4.98 Å². The standard InChI is InChI=1S/C16H23N7O2/c1-11(15(24)20-16-17-6-4-7-18-16)23-8-5-13(9-23)22(3)10-14-19-12(2)25-21-14/h4,6-7,11,13H,5,8-10H2,1-3H3,(H,17,18,20,24)/t11-,13-/m1/s1. The number of hydrogen-bond donors (Lipinski definition) is 1. The second kappa shape index (κ2) is 7.66. The maximum Gasteiger partial charge on any atom is 0.243 e. The van der Waals surface area contributed by atoms with Gasteiger partial charge in [0.1, 0.15) is 0 Å². The van der Waals surface area contributed by atoms with Gasteiger partial charge < -0.3 is 4.52 Å². The number of hydrogen-bond acceptors (Lipinski definition) is 8. The predicted octanol–water partition coefficient (Wildman–Crippen LogP) is 0.701. The summed E-state index contributed by atoms with van der Waals surface area (Å²) in [5.74, 6) is 1.50. The third kappa shape index (κ3) is 4.37. The summed E-state index contributed by atoms with van der Waals surface area (Å²) in [5, 5.41) is 6.69. The largest absolute Gasteiger partial charge is 0.340 e. The Morgan fingerprint density at radius 3 is 2.92 bits per heavy atom. The van der Waals surface area contributed by atoms with E-state index in [1.165, 1.54) is 0 Å². The van der Waals surface area contributed by atoms with Crippen LogP contribution in [0.15, 0.2) is 23.0 Å². The molecule has 1 N–H and O–H groups in total. The molecule has 9 nitrogen and oxygen atoms in total. The van der Waals surface area contributed by atoms with Crippen LogP contribution in [0.3, 0.4) is 0 Å². The summed E-state index contributed by atoms with van der Waals surface area (Å²) in [7, 11) is 2.04. The average Bonchev–Trinajstić information content (AvgIpc) is 3.24. The number of nitrogens with one attached hydrogen (secondary N) is 1. The molecule has 1 amide bonds. The fourth-order valence-electron chi connectivity index (χ4n) is 2.98. The Morgan fingerprint density at radius 2 is 2.24 bits per heavy atom. The molecular weight excluding hydrogens is 322 g/mol. The van der Waals surface area contributed by atoms with Crippen molar-refractivity contribution in [1.29, 1.82) is 0 Å². The quantitative estimate of drug-likeness (QED) is 0.817. The first-order valence-electron chi connectivity index (χ1n) is 8.34. The normalized spacial score (nSPS) is 19.3. The molecule has 0 aromatic carbocycles. The summed E-state index contributed by atoms with van der Waals surface area (Å²) in [5.41, 5.74) is 0. The Bertz CT molecular complexity index is 706. The van der Waals surface area contributed by atoms with Gasteiger partial charge in [0, 0.05) is 38.4 Å². The SMILES string of the molecule is Cc1nc(CN(C)[C@@H]2CCN([C@H](C)C(=O)Nc3ncccn3)C2)no1. The minimum Gasteiger partial charge on any atom is -0.340 e. The van der Waals surface area contributed by atoms with E-state index in [2.05, 4.69) is 35.2 Å². The Labute approximate surface area is 146 Å². The zero-order valence-electron chi connectivity index (χ0n) is 14.7. The highest BCUT2D eigenvalue weighted by Crippen LogP contribution is 2.19. The van der Waals surface area contributed by atoms with Crippen molar-refractivity contribution in [2.75, 3.05) is 25.5 Å². The number of aryl methyl sites for hydroxylation is 1. The smallest absolute Gasteiger partial charge is 0.243 e. The summed E-state index contributed by atoms with van der Waals surface area (Å²) >= 11 is 0. The number of carbonyl (C=O) groups is 1. The summed E-state index contributed by atoms with van der Waals surface area (Å²) in [6, 6.07) is 1.82. The lowest BCUT2D eigenvalue weighted by Crippen LogP contribution is -2.43. The first-order valence-corrected chi connectivity index (χ1v) is 8.34. The van der Waals surface area contributed by atoms with E-state index < -0.39 is 0 Å². The summed E-state index contributed by atoms with van der Waals surface area (Å²) in [4.78, 5) is 29.1. The van der Waals surface area contributed by atoms with E-state index in [-0.39, 0.29) is 11.9 Å². The van der Waals surface area contributed by atoms with E-state index >= 15 is 0 Å². The molecule has 1 saturated heterocycles. The predicted molar refractivity (Wildman–Crippen MR) is 90.6 cm³/mol. The maximum atomic E-state index is 12.4. The number of likely N-dealkylation sites (tertiary alicyclic amines) is 1. The number of nitrogens with zero attached hydrogens (tertiary/aromatic N) is 6. The van der Waals surface area contributed by atoms with Gasteiger partial charge in [-0.3, -0.25) is 19.9 Å². The van der Waals surface area contributed by atoms with Crippen molar-refractivity contribution in [3.8, 4) is 0 Å². The van der Waals surface area contributed by atoms with Crippen LogP contribution >= 0.6 is 0 Å². The molecule has 1 aliphatic rings. The minimum atomic E-state index is -0.241. The highest BCUT2D eigenvalue weighted by Gasteiger charge is 2.32. The summed E-state index contributed by atoms with van der Waals surface area (Å²) in [6.45, 7) is 6.00. The van der Waals surface area contributed by atoms with Crippen molar-refractivity contribution < 1.29 is 9.32 Å². The van der Waals surface area contributed by atoms with Crippen LogP contribution in [0.4, 0.5) is 5.95 Å². The molecule has 0 radical (unpaired) electrons. The molecule has 0 saturated carbocycles. The van der Waals surface area contributed by atoms with Crippen LogP contribution in [-0.2, 0) is 11.3 Å². The Morgan fingerprint density at radius 1 is 1.48 bits per heavy atom. The molecule has 3 heterocycles. The molecule has 1 aliphatic heterocycles. The van der Waals surface area contributed by atoms with Crippen molar-refractivity contribution in [1.82, 2.24) is 29.9 Å². The van der Waals surface area contributed by atoms with Gasteiger partial charge in [0.2, 0.25) is 17.7 Å². The molecule has 0 unspecified atom stereocenters. The fraction of sp³-hybridized carbons (Fsp3) is 0.562. The van der Waals surface area contributed by atoms with Crippen LogP contribution in [0.5, 0.6) is 0 Å². The van der Waals surface area contributed by atoms with Gasteiger partial charge in [0.25, 0.3) is 0 Å². The second-order valence-corrected chi connectivity index (χ2v) is 6.32. The molecule has 0 spiro atoms. The molecule has 0 aliphatic carbocycles. The Balaban J connectivity index is 1.51. The number of carbonyl (C=O) groups excluding carboxylic acids is 1. The van der Waals surface area contributed by atoms with Gasteiger partial charge in [-0.05, 0) is 26.5 Å². The lowest BCUT2D eigenvalue weighted by atomic mass is 10.2. The molecule has 3 rings (SSSR count). The monoisotopic (exact) mass is 345 g/mol. The number of likely N-dealkylation sites (N-methyl/N-ethyl adjacent to an activating group) is 1. The Kier molecular flexibility index (Phi) is 5.34. The summed E-state index contributed by atoms with van der Waals surface area (Å²) in [6.07, 6.45) is 4.20. The van der Waals surface area contributed by atoms with Gasteiger partial charge in [0.15, 0.2) is 5.82 Å². The molecule has 0 bridgehead atoms. The van der Waals surface area contributed by atoms with Crippen molar-refractivity contribution in [2.24, 2.45) is 0 Å². The summed E-state index contributed by atoms with van der Waals surface area (Å²) < 4.78 is 5.01. The molecule has 2 aromatic heterocycles. The highest BCUT2D eigenvalue weighted by molar-refractivity contribution is 5.93. The molecule has 1 fully saturated rings. The van der Waals surface area contributed by atoms with E-state index in [1.807, 2.05) is 14.0 Å². The fourth-order valence-corrected chi connectivity index (χ4v) is 2.98. The average molecular weight is 345 g/mol. The molecule has 2 aromatic rings. The van der Waals surface area contributed by atoms with E-state index in [1.54, 1.807) is 25.4 Å². The van der Waals surface area contributed by atoms with E-state index in [0.29, 0.717) is 30.3 Å². The van der Waals surface area contributed by atoms with Gasteiger partial charge in [-0.25, -0.2) is 9.97 Å². The minimum absolute atomic E-state index is 0.0942. The van der Waals surface area contributed by atoms with Gasteiger partial charge in [-0.15, -0.1) is 0 Å². The van der Waals surface area contributed by atoms with Crippen LogP contribution in [0, 0.1) is 6.92 Å². The zero-order valence-corrected chi connectivity index (χ0v) is 14.7. The van der Waals surface area contributed by atoms with Crippen molar-refractivity contribution in [3.63, 3.8) is 0 Å². The van der Waals surface area contributed by atoms with Crippen LogP contribution < -0.4 is 5.32 Å². The topological polar surface area (TPSA) is 100 Å². The van der Waals surface area contributed by atoms with Gasteiger partial charge >= 0.3 is 0 Å². The van der Waals surface area contributed by atoms with Crippen LogP contribution in [0.1, 0.15) is 25.1 Å². The van der Waals surface area contributed by atoms with Crippen molar-refractivity contribution >= 4 is 11.9 Å². The van der Waals surface area contributed by atoms with E-state index in [0.717, 1.165) is 19.5 Å². The number of rotatable bonds is 6. The number of anilines is 1. The van der Waals surface area contributed by atoms with E-state index in [4.69, 9.17) is 4.52 Å². The van der Waals surface area contributed by atoms with E-state index in [9.17, 15) is 4.79 Å². The third-order valence-corrected chi connectivity index (χ3v) is 4.51. The number of aromatic nitrogens is 4. The Hall–Kier alpha value is -2.39. The lowest BCUT2D eigenvalue weighted by molar-refractivity contribution is -0.120. The molecular formula is C16H23N7O2. The van der Waals surface area contributed by atoms with Crippen molar-refractivity contribution in [2.45, 2.75) is 38.9 Å². The van der Waals surface area contributed by atoms with Crippen LogP contribution in [0.2, 0.25) is 0 Å². The second-order valence-electron chi connectivity index (χ2n) is 6.32. The maximum absolute atomic E-state index is 12.4.